The maximum atomic E-state index is 12.2. The first-order valence-corrected chi connectivity index (χ1v) is 7.38. The molecule has 1 aromatic rings. The average Bonchev–Trinajstić information content (AvgIpc) is 2.64. The Kier molecular flexibility index (Phi) is 4.30. The molecule has 0 aromatic heterocycles. The van der Waals surface area contributed by atoms with Gasteiger partial charge >= 0.3 is 0 Å². The molecule has 0 radical (unpaired) electrons. The average molecular weight is 265 g/mol. The van der Waals surface area contributed by atoms with E-state index in [2.05, 4.69) is 36.5 Å². The predicted octanol–water partition coefficient (Wildman–Crippen LogP) is 1.15. The van der Waals surface area contributed by atoms with Crippen molar-refractivity contribution in [1.29, 1.82) is 0 Å². The van der Waals surface area contributed by atoms with Crippen molar-refractivity contribution in [1.82, 2.24) is 4.90 Å². The minimum absolute atomic E-state index is 0.0770. The van der Waals surface area contributed by atoms with E-state index >= 15 is 0 Å². The van der Waals surface area contributed by atoms with E-state index in [0.717, 1.165) is 13.1 Å². The molecule has 1 aliphatic rings. The zero-order valence-corrected chi connectivity index (χ0v) is 12.0. The van der Waals surface area contributed by atoms with Crippen LogP contribution in [-0.4, -0.2) is 36.2 Å². The van der Waals surface area contributed by atoms with Gasteiger partial charge in [0, 0.05) is 0 Å². The molecule has 1 aliphatic heterocycles. The van der Waals surface area contributed by atoms with Gasteiger partial charge in [-0.2, -0.15) is 0 Å². The lowest BCUT2D eigenvalue weighted by molar-refractivity contribution is -0.626. The summed E-state index contributed by atoms with van der Waals surface area (Å²) in [4.78, 5) is 14.2. The second-order valence-electron chi connectivity index (χ2n) is 4.77. The number of carbonyl (C=O) groups excluding carboxylic acids is 1. The van der Waals surface area contributed by atoms with Crippen molar-refractivity contribution in [2.75, 3.05) is 20.1 Å². The van der Waals surface area contributed by atoms with Crippen molar-refractivity contribution in [3.8, 4) is 0 Å². The second-order valence-corrected chi connectivity index (χ2v) is 6.20. The fraction of sp³-hybridized carbons (Fsp3) is 0.500. The highest BCUT2D eigenvalue weighted by molar-refractivity contribution is 8.01. The number of carbonyl (C=O) groups is 1. The summed E-state index contributed by atoms with van der Waals surface area (Å²) in [5.41, 5.74) is 2.49. The van der Waals surface area contributed by atoms with E-state index < -0.39 is 0 Å². The molecule has 1 amide bonds. The quantitative estimate of drug-likeness (QED) is 0.887. The van der Waals surface area contributed by atoms with Crippen LogP contribution in [0.5, 0.6) is 0 Å². The Labute approximate surface area is 113 Å². The Bertz CT molecular complexity index is 418. The number of hydrogen-bond donors (Lipinski definition) is 1. The standard InChI is InChI=1S/C14H20N2OS/c1-10-4-6-12(7-5-10)14-16(9-8-15-3)13(17)11(2)18-14/h4-7,11,14-15H,8-9H2,1-3H3/p+1/t11-,14+/m1/s1. The zero-order valence-electron chi connectivity index (χ0n) is 11.2. The van der Waals surface area contributed by atoms with Gasteiger partial charge in [0.1, 0.15) is 5.37 Å². The van der Waals surface area contributed by atoms with Gasteiger partial charge in [-0.25, -0.2) is 0 Å². The second kappa shape index (κ2) is 5.76. The number of nitrogens with zero attached hydrogens (tertiary/aromatic N) is 1. The molecule has 0 aliphatic carbocycles. The number of thioether (sulfide) groups is 1. The molecule has 0 spiro atoms. The number of quaternary nitrogens is 1. The molecule has 1 aromatic carbocycles. The van der Waals surface area contributed by atoms with Crippen molar-refractivity contribution in [2.45, 2.75) is 24.5 Å². The smallest absolute Gasteiger partial charge is 0.236 e. The molecule has 3 nitrogen and oxygen atoms in total. The van der Waals surface area contributed by atoms with Crippen molar-refractivity contribution >= 4 is 17.7 Å². The van der Waals surface area contributed by atoms with E-state index in [0.29, 0.717) is 0 Å². The van der Waals surface area contributed by atoms with Gasteiger partial charge in [-0.1, -0.05) is 29.8 Å². The summed E-state index contributed by atoms with van der Waals surface area (Å²) in [6, 6.07) is 8.52. The van der Waals surface area contributed by atoms with Crippen LogP contribution < -0.4 is 5.32 Å². The highest BCUT2D eigenvalue weighted by atomic mass is 32.2. The van der Waals surface area contributed by atoms with E-state index in [1.807, 2.05) is 18.9 Å². The van der Waals surface area contributed by atoms with Gasteiger partial charge < -0.3 is 10.2 Å². The molecule has 4 heteroatoms. The molecule has 2 atom stereocenters. The summed E-state index contributed by atoms with van der Waals surface area (Å²) in [5.74, 6) is 0.271. The number of rotatable bonds is 4. The largest absolute Gasteiger partial charge is 0.347 e. The normalized spacial score (nSPS) is 23.7. The summed E-state index contributed by atoms with van der Waals surface area (Å²) in [5, 5.41) is 2.38. The Hall–Kier alpha value is -1.00. The molecule has 1 fully saturated rings. The minimum atomic E-state index is 0.0770. The van der Waals surface area contributed by atoms with Crippen molar-refractivity contribution < 1.29 is 10.1 Å². The first kappa shape index (κ1) is 13.4. The van der Waals surface area contributed by atoms with Gasteiger partial charge in [0.2, 0.25) is 5.91 Å². The van der Waals surface area contributed by atoms with Crippen LogP contribution in [-0.2, 0) is 4.79 Å². The minimum Gasteiger partial charge on any atom is -0.347 e. The molecular formula is C14H21N2OS+. The topological polar surface area (TPSA) is 36.9 Å². The van der Waals surface area contributed by atoms with Crippen LogP contribution in [0.25, 0.3) is 0 Å². The molecular weight excluding hydrogens is 244 g/mol. The highest BCUT2D eigenvalue weighted by Gasteiger charge is 2.38. The third-order valence-corrected chi connectivity index (χ3v) is 4.66. The Balaban J connectivity index is 2.19. The predicted molar refractivity (Wildman–Crippen MR) is 75.4 cm³/mol. The number of hydrogen-bond acceptors (Lipinski definition) is 2. The van der Waals surface area contributed by atoms with E-state index in [1.54, 1.807) is 11.8 Å². The Morgan fingerprint density at radius 3 is 2.61 bits per heavy atom. The zero-order chi connectivity index (χ0) is 13.1. The highest BCUT2D eigenvalue weighted by Crippen LogP contribution is 2.42. The Morgan fingerprint density at radius 1 is 1.33 bits per heavy atom. The summed E-state index contributed by atoms with van der Waals surface area (Å²) in [6.45, 7) is 5.87. The fourth-order valence-electron chi connectivity index (χ4n) is 2.16. The lowest BCUT2D eigenvalue weighted by Gasteiger charge is -2.23. The maximum absolute atomic E-state index is 12.2. The number of benzene rings is 1. The maximum Gasteiger partial charge on any atom is 0.236 e. The molecule has 0 unspecified atom stereocenters. The van der Waals surface area contributed by atoms with Gasteiger partial charge in [0.05, 0.1) is 25.4 Å². The first-order valence-electron chi connectivity index (χ1n) is 6.44. The van der Waals surface area contributed by atoms with E-state index in [1.165, 1.54) is 11.1 Å². The third kappa shape index (κ3) is 2.70. The van der Waals surface area contributed by atoms with Gasteiger partial charge in [-0.3, -0.25) is 4.79 Å². The summed E-state index contributed by atoms with van der Waals surface area (Å²) >= 11 is 1.75. The van der Waals surface area contributed by atoms with Crippen molar-refractivity contribution in [3.63, 3.8) is 0 Å². The number of aryl methyl sites for hydroxylation is 1. The lowest BCUT2D eigenvalue weighted by atomic mass is 10.1. The van der Waals surface area contributed by atoms with Crippen LogP contribution in [0.15, 0.2) is 24.3 Å². The monoisotopic (exact) mass is 265 g/mol. The molecule has 1 heterocycles. The summed E-state index contributed by atoms with van der Waals surface area (Å²) in [6.07, 6.45) is 0. The molecule has 0 bridgehead atoms. The van der Waals surface area contributed by atoms with Crippen LogP contribution in [0.1, 0.15) is 23.4 Å². The van der Waals surface area contributed by atoms with E-state index in [9.17, 15) is 4.79 Å². The van der Waals surface area contributed by atoms with Crippen LogP contribution in [0.3, 0.4) is 0 Å². The Morgan fingerprint density at radius 2 is 2.00 bits per heavy atom. The van der Waals surface area contributed by atoms with E-state index in [-0.39, 0.29) is 16.5 Å². The molecule has 1 saturated heterocycles. The fourth-order valence-corrected chi connectivity index (χ4v) is 3.47. The lowest BCUT2D eigenvalue weighted by Crippen LogP contribution is -2.81. The van der Waals surface area contributed by atoms with Gasteiger partial charge in [0.25, 0.3) is 0 Å². The van der Waals surface area contributed by atoms with Gasteiger partial charge in [-0.05, 0) is 19.4 Å². The molecule has 98 valence electrons. The van der Waals surface area contributed by atoms with Crippen molar-refractivity contribution in [3.05, 3.63) is 35.4 Å². The summed E-state index contributed by atoms with van der Waals surface area (Å²) in [7, 11) is 2.04. The molecule has 2 N–H and O–H groups in total. The van der Waals surface area contributed by atoms with Gasteiger partial charge in [-0.15, -0.1) is 11.8 Å². The first-order chi connectivity index (χ1) is 8.63. The SMILES string of the molecule is C[NH2+]CCN1C(=O)[C@@H](C)S[C@H]1c1ccc(C)cc1. The third-order valence-electron chi connectivity index (χ3n) is 3.27. The number of likely N-dealkylation sites (N-methyl/N-ethyl adjacent to an activating group) is 1. The molecule has 18 heavy (non-hydrogen) atoms. The van der Waals surface area contributed by atoms with Crippen LogP contribution >= 0.6 is 11.8 Å². The van der Waals surface area contributed by atoms with Crippen LogP contribution in [0, 0.1) is 6.92 Å². The van der Waals surface area contributed by atoms with Crippen LogP contribution in [0.4, 0.5) is 0 Å². The van der Waals surface area contributed by atoms with E-state index in [4.69, 9.17) is 0 Å². The number of amides is 1. The number of nitrogens with two attached hydrogens (primary N) is 1. The summed E-state index contributed by atoms with van der Waals surface area (Å²) < 4.78 is 0. The van der Waals surface area contributed by atoms with Crippen LogP contribution in [0.2, 0.25) is 0 Å². The van der Waals surface area contributed by atoms with Gasteiger partial charge in [0.15, 0.2) is 0 Å². The van der Waals surface area contributed by atoms with Crippen molar-refractivity contribution in [2.24, 2.45) is 0 Å². The molecule has 2 rings (SSSR count). The molecule has 0 saturated carbocycles.